The fraction of sp³-hybridized carbons (Fsp3) is 0.865. The molecule has 1 amide bonds. The Kier molecular flexibility index (Phi) is 31.6. The van der Waals surface area contributed by atoms with Gasteiger partial charge in [-0.3, -0.25) is 14.4 Å². The molecule has 6 nitrogen and oxygen atoms in total. The number of carbonyl (C=O) groups is 3. The highest BCUT2D eigenvalue weighted by Crippen LogP contribution is 2.19. The first-order valence-corrected chi connectivity index (χ1v) is 18.3. The summed E-state index contributed by atoms with van der Waals surface area (Å²) in [4.78, 5) is 34.8. The largest absolute Gasteiger partial charge is 0.480 e. The second-order valence-corrected chi connectivity index (χ2v) is 12.5. The Hall–Kier alpha value is -1.85. The van der Waals surface area contributed by atoms with Crippen molar-refractivity contribution in [1.29, 1.82) is 0 Å². The molecule has 0 spiro atoms. The Morgan fingerprint density at radius 1 is 0.581 bits per heavy atom. The summed E-state index contributed by atoms with van der Waals surface area (Å²) >= 11 is 0. The van der Waals surface area contributed by atoms with Gasteiger partial charge < -0.3 is 15.2 Å². The van der Waals surface area contributed by atoms with E-state index >= 15 is 0 Å². The van der Waals surface area contributed by atoms with E-state index < -0.39 is 5.97 Å². The lowest BCUT2D eigenvalue weighted by Crippen LogP contribution is -2.28. The predicted octanol–water partition coefficient (Wildman–Crippen LogP) is 10.6. The smallest absolute Gasteiger partial charge is 0.322 e. The lowest BCUT2D eigenvalue weighted by atomic mass is 10.0. The van der Waals surface area contributed by atoms with Crippen LogP contribution in [0.4, 0.5) is 0 Å². The van der Waals surface area contributed by atoms with Crippen LogP contribution in [-0.2, 0) is 19.1 Å². The van der Waals surface area contributed by atoms with Gasteiger partial charge in [0.1, 0.15) is 12.6 Å². The molecular weight excluding hydrogens is 538 g/mol. The summed E-state index contributed by atoms with van der Waals surface area (Å²) < 4.78 is 5.98. The molecule has 1 unspecified atom stereocenters. The Morgan fingerprint density at radius 2 is 1.00 bits per heavy atom. The third-order valence-corrected chi connectivity index (χ3v) is 8.19. The quantitative estimate of drug-likeness (QED) is 0.0440. The SMILES string of the molecule is CCCCC/C=C\CCCCCCCC(=O)OC(CCCCCCCCCCC)CCCCCCCC(=O)NCC(=O)O. The zero-order valence-electron chi connectivity index (χ0n) is 28.3. The van der Waals surface area contributed by atoms with E-state index in [4.69, 9.17) is 9.84 Å². The number of aliphatic carboxylic acids is 1. The van der Waals surface area contributed by atoms with Gasteiger partial charge in [-0.05, 0) is 64.2 Å². The van der Waals surface area contributed by atoms with Crippen molar-refractivity contribution < 1.29 is 24.2 Å². The summed E-state index contributed by atoms with van der Waals surface area (Å²) in [5.74, 6) is -1.23. The van der Waals surface area contributed by atoms with Crippen molar-refractivity contribution in [3.8, 4) is 0 Å². The monoisotopic (exact) mass is 608 g/mol. The molecule has 0 aromatic heterocycles. The molecule has 0 rings (SSSR count). The molecule has 0 bridgehead atoms. The maximum Gasteiger partial charge on any atom is 0.322 e. The van der Waals surface area contributed by atoms with E-state index in [0.29, 0.717) is 12.8 Å². The number of hydrogen-bond acceptors (Lipinski definition) is 4. The van der Waals surface area contributed by atoms with E-state index in [9.17, 15) is 14.4 Å². The van der Waals surface area contributed by atoms with Gasteiger partial charge in [-0.15, -0.1) is 0 Å². The van der Waals surface area contributed by atoms with E-state index in [0.717, 1.165) is 64.2 Å². The van der Waals surface area contributed by atoms with Gasteiger partial charge in [-0.1, -0.05) is 129 Å². The Morgan fingerprint density at radius 3 is 1.53 bits per heavy atom. The molecule has 0 aliphatic carbocycles. The number of carboxylic acids is 1. The molecule has 0 aromatic carbocycles. The van der Waals surface area contributed by atoms with Gasteiger partial charge in [0.25, 0.3) is 0 Å². The molecule has 1 atom stereocenters. The molecule has 0 saturated heterocycles. The first-order valence-electron chi connectivity index (χ1n) is 18.3. The van der Waals surface area contributed by atoms with Gasteiger partial charge in [-0.2, -0.15) is 0 Å². The minimum Gasteiger partial charge on any atom is -0.480 e. The number of carbonyl (C=O) groups excluding carboxylic acids is 2. The molecular formula is C37H69NO5. The highest BCUT2D eigenvalue weighted by atomic mass is 16.5. The van der Waals surface area contributed by atoms with E-state index in [1.54, 1.807) is 0 Å². The van der Waals surface area contributed by atoms with Crippen molar-refractivity contribution in [3.05, 3.63) is 12.2 Å². The summed E-state index contributed by atoms with van der Waals surface area (Å²) in [5.41, 5.74) is 0. The second-order valence-electron chi connectivity index (χ2n) is 12.5. The fourth-order valence-corrected chi connectivity index (χ4v) is 5.45. The summed E-state index contributed by atoms with van der Waals surface area (Å²) in [6.07, 6.45) is 36.1. The van der Waals surface area contributed by atoms with E-state index in [1.807, 2.05) is 0 Å². The average molecular weight is 608 g/mol. The molecule has 2 N–H and O–H groups in total. The number of nitrogens with one attached hydrogen (secondary N) is 1. The molecule has 0 saturated carbocycles. The van der Waals surface area contributed by atoms with Crippen molar-refractivity contribution in [1.82, 2.24) is 5.32 Å². The Balaban J connectivity index is 4.15. The van der Waals surface area contributed by atoms with Crippen LogP contribution in [0.2, 0.25) is 0 Å². The van der Waals surface area contributed by atoms with Crippen LogP contribution in [0.1, 0.15) is 194 Å². The Labute approximate surface area is 265 Å². The third-order valence-electron chi connectivity index (χ3n) is 8.19. The Bertz CT molecular complexity index is 678. The molecule has 6 heteroatoms. The molecule has 252 valence electrons. The van der Waals surface area contributed by atoms with Gasteiger partial charge in [0, 0.05) is 12.8 Å². The normalized spacial score (nSPS) is 12.0. The molecule has 0 heterocycles. The maximum atomic E-state index is 12.6. The van der Waals surface area contributed by atoms with E-state index in [1.165, 1.54) is 103 Å². The molecule has 0 aliphatic heterocycles. The van der Waals surface area contributed by atoms with Gasteiger partial charge in [0.05, 0.1) is 0 Å². The van der Waals surface area contributed by atoms with Crippen molar-refractivity contribution in [2.75, 3.05) is 6.54 Å². The zero-order chi connectivity index (χ0) is 31.6. The number of allylic oxidation sites excluding steroid dienone is 2. The summed E-state index contributed by atoms with van der Waals surface area (Å²) in [6.45, 7) is 4.19. The summed E-state index contributed by atoms with van der Waals surface area (Å²) in [6, 6.07) is 0. The van der Waals surface area contributed by atoms with Crippen LogP contribution in [0, 0.1) is 0 Å². The van der Waals surface area contributed by atoms with Crippen molar-refractivity contribution >= 4 is 17.8 Å². The van der Waals surface area contributed by atoms with Crippen LogP contribution in [0.15, 0.2) is 12.2 Å². The number of esters is 1. The molecule has 43 heavy (non-hydrogen) atoms. The van der Waals surface area contributed by atoms with Crippen molar-refractivity contribution in [2.45, 2.75) is 200 Å². The van der Waals surface area contributed by atoms with Crippen LogP contribution >= 0.6 is 0 Å². The van der Waals surface area contributed by atoms with Crippen LogP contribution in [0.25, 0.3) is 0 Å². The van der Waals surface area contributed by atoms with Gasteiger partial charge in [-0.25, -0.2) is 0 Å². The summed E-state index contributed by atoms with van der Waals surface area (Å²) in [7, 11) is 0. The van der Waals surface area contributed by atoms with Crippen LogP contribution in [-0.4, -0.2) is 35.6 Å². The molecule has 0 radical (unpaired) electrons. The molecule has 0 fully saturated rings. The highest BCUT2D eigenvalue weighted by Gasteiger charge is 2.14. The highest BCUT2D eigenvalue weighted by molar-refractivity contribution is 5.80. The zero-order valence-corrected chi connectivity index (χ0v) is 28.3. The van der Waals surface area contributed by atoms with Crippen molar-refractivity contribution in [2.24, 2.45) is 0 Å². The van der Waals surface area contributed by atoms with E-state index in [-0.39, 0.29) is 24.5 Å². The third kappa shape index (κ3) is 32.9. The van der Waals surface area contributed by atoms with E-state index in [2.05, 4.69) is 31.3 Å². The van der Waals surface area contributed by atoms with Crippen molar-refractivity contribution in [3.63, 3.8) is 0 Å². The van der Waals surface area contributed by atoms with Gasteiger partial charge in [0.2, 0.25) is 5.91 Å². The average Bonchev–Trinajstić information content (AvgIpc) is 2.99. The van der Waals surface area contributed by atoms with Crippen LogP contribution in [0.5, 0.6) is 0 Å². The second kappa shape index (κ2) is 33.1. The fourth-order valence-electron chi connectivity index (χ4n) is 5.45. The number of hydrogen-bond donors (Lipinski definition) is 2. The lowest BCUT2D eigenvalue weighted by molar-refractivity contribution is -0.150. The minimum atomic E-state index is -1.02. The van der Waals surface area contributed by atoms with Crippen LogP contribution < -0.4 is 5.32 Å². The number of ether oxygens (including phenoxy) is 1. The number of rotatable bonds is 33. The number of amides is 1. The standard InChI is InChI=1S/C37H69NO5/c1-3-5-7-9-11-13-14-15-17-19-24-28-32-37(42)43-34(29-25-21-18-16-12-10-8-6-4-2)30-26-22-20-23-27-31-35(39)38-33-36(40)41/h11,13,34H,3-10,12,14-33H2,1-2H3,(H,38,39)(H,40,41)/b13-11-. The van der Waals surface area contributed by atoms with Gasteiger partial charge >= 0.3 is 11.9 Å². The predicted molar refractivity (Wildman–Crippen MR) is 180 cm³/mol. The summed E-state index contributed by atoms with van der Waals surface area (Å²) in [5, 5.41) is 11.0. The first kappa shape index (κ1) is 41.1. The van der Waals surface area contributed by atoms with Gasteiger partial charge in [0.15, 0.2) is 0 Å². The minimum absolute atomic E-state index is 0.0247. The topological polar surface area (TPSA) is 92.7 Å². The maximum absolute atomic E-state index is 12.6. The molecule has 0 aliphatic rings. The van der Waals surface area contributed by atoms with Crippen LogP contribution in [0.3, 0.4) is 0 Å². The first-order chi connectivity index (χ1) is 21.0. The number of unbranched alkanes of at least 4 members (excludes halogenated alkanes) is 20. The molecule has 0 aromatic rings. The lowest BCUT2D eigenvalue weighted by Gasteiger charge is -2.18. The number of carboxylic acid groups (broad SMARTS) is 1.